The van der Waals surface area contributed by atoms with Crippen LogP contribution in [0.5, 0.6) is 0 Å². The summed E-state index contributed by atoms with van der Waals surface area (Å²) < 4.78 is 36.2. The van der Waals surface area contributed by atoms with Crippen LogP contribution in [0.4, 0.5) is 4.39 Å². The molecule has 1 aromatic heterocycles. The van der Waals surface area contributed by atoms with Crippen LogP contribution in [0.2, 0.25) is 0 Å². The maximum absolute atomic E-state index is 12.3. The van der Waals surface area contributed by atoms with Gasteiger partial charge in [-0.15, -0.1) is 9.19 Å². The Morgan fingerprint density at radius 3 is 2.50 bits per heavy atom. The van der Waals surface area contributed by atoms with E-state index in [4.69, 9.17) is 0 Å². The van der Waals surface area contributed by atoms with Crippen LogP contribution in [-0.4, -0.2) is 36.0 Å². The van der Waals surface area contributed by atoms with E-state index in [1.54, 1.807) is 0 Å². The molecule has 0 saturated heterocycles. The van der Waals surface area contributed by atoms with Crippen molar-refractivity contribution >= 4 is 10.2 Å². The van der Waals surface area contributed by atoms with Crippen LogP contribution in [-0.2, 0) is 10.2 Å². The van der Waals surface area contributed by atoms with Gasteiger partial charge in [0, 0.05) is 26.4 Å². The van der Waals surface area contributed by atoms with Crippen LogP contribution in [0, 0.1) is 5.95 Å². The van der Waals surface area contributed by atoms with Crippen LogP contribution in [0.3, 0.4) is 0 Å². The minimum Gasteiger partial charge on any atom is -0.189 e. The Morgan fingerprint density at radius 1 is 1.58 bits per heavy atom. The van der Waals surface area contributed by atoms with E-state index in [9.17, 15) is 12.8 Å². The molecule has 0 spiro atoms. The van der Waals surface area contributed by atoms with Crippen molar-refractivity contribution in [3.05, 3.63) is 18.2 Å². The summed E-state index contributed by atoms with van der Waals surface area (Å²) in [5.41, 5.74) is 0. The van der Waals surface area contributed by atoms with Crippen molar-refractivity contribution in [1.29, 1.82) is 0 Å². The zero-order valence-corrected chi connectivity index (χ0v) is 7.42. The Balaban J connectivity index is 3.15. The van der Waals surface area contributed by atoms with Gasteiger partial charge >= 0.3 is 10.2 Å². The normalized spacial score (nSPS) is 12.3. The predicted octanol–water partition coefficient (Wildman–Crippen LogP) is -0.323. The van der Waals surface area contributed by atoms with Gasteiger partial charge in [0.1, 0.15) is 0 Å². The van der Waals surface area contributed by atoms with Gasteiger partial charge in [-0.1, -0.05) is 0 Å². The summed E-state index contributed by atoms with van der Waals surface area (Å²) in [7, 11) is -0.973. The van der Waals surface area contributed by atoms with E-state index in [1.165, 1.54) is 14.1 Å². The summed E-state index contributed by atoms with van der Waals surface area (Å²) in [5, 5.41) is 3.12. The monoisotopic (exact) mass is 193 g/mol. The lowest BCUT2D eigenvalue weighted by Crippen LogP contribution is -2.29. The lowest BCUT2D eigenvalue weighted by atomic mass is 10.7. The highest BCUT2D eigenvalue weighted by atomic mass is 32.2. The third kappa shape index (κ3) is 1.46. The van der Waals surface area contributed by atoms with Gasteiger partial charge in [-0.25, -0.2) is 0 Å². The number of rotatable bonds is 2. The highest BCUT2D eigenvalue weighted by molar-refractivity contribution is 7.87. The zero-order chi connectivity index (χ0) is 9.35. The van der Waals surface area contributed by atoms with Gasteiger partial charge in [-0.3, -0.25) is 0 Å². The molecule has 0 bridgehead atoms. The molecular weight excluding hydrogens is 185 g/mol. The molecular formula is C5H8FN3O2S. The molecule has 0 aliphatic rings. The first kappa shape index (κ1) is 9.14. The second-order valence-electron chi connectivity index (χ2n) is 2.30. The Morgan fingerprint density at radius 2 is 2.17 bits per heavy atom. The minimum absolute atomic E-state index is 0.572. The van der Waals surface area contributed by atoms with Crippen molar-refractivity contribution in [1.82, 2.24) is 13.5 Å². The lowest BCUT2D eigenvalue weighted by Gasteiger charge is -2.09. The van der Waals surface area contributed by atoms with Crippen molar-refractivity contribution < 1.29 is 12.8 Å². The van der Waals surface area contributed by atoms with Crippen molar-refractivity contribution in [2.75, 3.05) is 14.1 Å². The number of hydrogen-bond donors (Lipinski definition) is 0. The molecule has 5 nitrogen and oxygen atoms in total. The third-order valence-electron chi connectivity index (χ3n) is 1.23. The van der Waals surface area contributed by atoms with Crippen LogP contribution >= 0.6 is 0 Å². The zero-order valence-electron chi connectivity index (χ0n) is 6.60. The van der Waals surface area contributed by atoms with Crippen molar-refractivity contribution in [2.24, 2.45) is 0 Å². The molecule has 0 radical (unpaired) electrons. The van der Waals surface area contributed by atoms with Gasteiger partial charge in [0.2, 0.25) is 5.95 Å². The van der Waals surface area contributed by atoms with Crippen molar-refractivity contribution in [3.63, 3.8) is 0 Å². The number of halogens is 1. The van der Waals surface area contributed by atoms with Gasteiger partial charge in [0.25, 0.3) is 0 Å². The van der Waals surface area contributed by atoms with Gasteiger partial charge < -0.3 is 0 Å². The topological polar surface area (TPSA) is 55.2 Å². The summed E-state index contributed by atoms with van der Waals surface area (Å²) >= 11 is 0. The van der Waals surface area contributed by atoms with E-state index >= 15 is 0 Å². The van der Waals surface area contributed by atoms with E-state index in [0.29, 0.717) is 4.09 Å². The molecule has 1 heterocycles. The molecule has 0 fully saturated rings. The second-order valence-corrected chi connectivity index (χ2v) is 4.30. The number of hydrogen-bond acceptors (Lipinski definition) is 3. The molecule has 7 heteroatoms. The van der Waals surface area contributed by atoms with Crippen LogP contribution in [0.25, 0.3) is 0 Å². The first-order valence-corrected chi connectivity index (χ1v) is 4.48. The number of aromatic nitrogens is 2. The van der Waals surface area contributed by atoms with E-state index < -0.39 is 16.2 Å². The first-order chi connectivity index (χ1) is 5.44. The predicted molar refractivity (Wildman–Crippen MR) is 40.2 cm³/mol. The Labute approximate surface area is 69.6 Å². The Kier molecular flexibility index (Phi) is 2.16. The van der Waals surface area contributed by atoms with Crippen LogP contribution in [0.15, 0.2) is 12.3 Å². The minimum atomic E-state index is -3.66. The smallest absolute Gasteiger partial charge is 0.189 e. The molecule has 0 amide bonds. The summed E-state index contributed by atoms with van der Waals surface area (Å²) in [6, 6.07) is 0.973. The molecule has 0 saturated carbocycles. The molecule has 0 N–H and O–H groups in total. The van der Waals surface area contributed by atoms with Gasteiger partial charge in [0.05, 0.1) is 0 Å². The largest absolute Gasteiger partial charge is 0.322 e. The van der Waals surface area contributed by atoms with Crippen molar-refractivity contribution in [2.45, 2.75) is 0 Å². The molecule has 0 atom stereocenters. The maximum atomic E-state index is 12.3. The molecule has 0 unspecified atom stereocenters. The summed E-state index contributed by atoms with van der Waals surface area (Å²) in [6.07, 6.45) is 1.05. The average molecular weight is 193 g/mol. The fourth-order valence-corrected chi connectivity index (χ4v) is 1.31. The van der Waals surface area contributed by atoms with Crippen molar-refractivity contribution in [3.8, 4) is 0 Å². The molecule has 68 valence electrons. The molecule has 12 heavy (non-hydrogen) atoms. The average Bonchev–Trinajstić information content (AvgIpc) is 2.35. The van der Waals surface area contributed by atoms with Gasteiger partial charge in [0.15, 0.2) is 0 Å². The quantitative estimate of drug-likeness (QED) is 0.646. The molecule has 1 rings (SSSR count). The van der Waals surface area contributed by atoms with Crippen LogP contribution < -0.4 is 0 Å². The van der Waals surface area contributed by atoms with E-state index in [0.717, 1.165) is 16.6 Å². The number of nitrogens with zero attached hydrogens (tertiary/aromatic N) is 3. The first-order valence-electron chi connectivity index (χ1n) is 3.09. The molecule has 0 aliphatic heterocycles. The molecule has 0 aromatic carbocycles. The van der Waals surface area contributed by atoms with E-state index in [1.807, 2.05) is 0 Å². The fourth-order valence-electron chi connectivity index (χ4n) is 0.582. The van der Waals surface area contributed by atoms with Crippen LogP contribution in [0.1, 0.15) is 0 Å². The second kappa shape index (κ2) is 2.83. The third-order valence-corrected chi connectivity index (χ3v) is 2.83. The lowest BCUT2D eigenvalue weighted by molar-refractivity contribution is 0.495. The fraction of sp³-hybridized carbons (Fsp3) is 0.400. The summed E-state index contributed by atoms with van der Waals surface area (Å²) in [6.45, 7) is 0. The highest BCUT2D eigenvalue weighted by Crippen LogP contribution is 2.00. The summed E-state index contributed by atoms with van der Waals surface area (Å²) in [5.74, 6) is -0.819. The van der Waals surface area contributed by atoms with E-state index in [-0.39, 0.29) is 0 Å². The van der Waals surface area contributed by atoms with Gasteiger partial charge in [-0.2, -0.15) is 17.1 Å². The summed E-state index contributed by atoms with van der Waals surface area (Å²) in [4.78, 5) is 0. The van der Waals surface area contributed by atoms with E-state index in [2.05, 4.69) is 5.10 Å². The molecule has 1 aromatic rings. The van der Waals surface area contributed by atoms with Gasteiger partial charge in [-0.05, 0) is 0 Å². The maximum Gasteiger partial charge on any atom is 0.322 e. The highest BCUT2D eigenvalue weighted by Gasteiger charge is 2.16. The Bertz CT molecular complexity index is 370. The Hall–Kier alpha value is -0.950. The molecule has 0 aliphatic carbocycles. The SMILES string of the molecule is CN(C)S(=O)(=O)n1ccc(F)n1. The standard InChI is InChI=1S/C5H8FN3O2S/c1-8(2)12(10,11)9-4-3-5(6)7-9/h3-4H,1-2H3.